The van der Waals surface area contributed by atoms with Gasteiger partial charge in [-0.2, -0.15) is 0 Å². The second kappa shape index (κ2) is 15.5. The van der Waals surface area contributed by atoms with E-state index in [-0.39, 0.29) is 18.4 Å². The normalized spacial score (nSPS) is 12.1. The molecule has 0 aliphatic heterocycles. The van der Waals surface area contributed by atoms with Crippen molar-refractivity contribution in [2.75, 3.05) is 25.3 Å². The molecule has 4 rings (SSSR count). The molecule has 236 valence electrons. The first-order chi connectivity index (χ1) is 21.6. The number of hydrogen-bond donors (Lipinski definition) is 2. The fraction of sp³-hybridized carbons (Fsp3) is 0.297. The van der Waals surface area contributed by atoms with Crippen molar-refractivity contribution in [3.05, 3.63) is 126 Å². The van der Waals surface area contributed by atoms with Gasteiger partial charge in [-0.1, -0.05) is 91.0 Å². The highest BCUT2D eigenvalue weighted by Crippen LogP contribution is 2.48. The van der Waals surface area contributed by atoms with Crippen molar-refractivity contribution in [2.24, 2.45) is 0 Å². The van der Waals surface area contributed by atoms with Crippen LogP contribution in [0.15, 0.2) is 109 Å². The predicted octanol–water partition coefficient (Wildman–Crippen LogP) is 8.04. The molecular weight excluding hydrogens is 584 g/mol. The number of ether oxygens (including phenoxy) is 3. The van der Waals surface area contributed by atoms with Gasteiger partial charge in [-0.3, -0.25) is 4.79 Å². The van der Waals surface area contributed by atoms with E-state index >= 15 is 0 Å². The summed E-state index contributed by atoms with van der Waals surface area (Å²) in [4.78, 5) is 26.2. The minimum absolute atomic E-state index is 0.176. The van der Waals surface area contributed by atoms with Crippen molar-refractivity contribution in [3.63, 3.8) is 0 Å². The molecule has 0 radical (unpaired) electrons. The SMILES string of the molecule is COc1cc(NC(=O)CC[C@H](CSC(c2ccccc2)(c2ccccc2)c2ccccc2)NC(=O)OC(C)(C)C)cc(OC)c1. The van der Waals surface area contributed by atoms with Crippen LogP contribution in [0.1, 0.15) is 50.3 Å². The Morgan fingerprint density at radius 1 is 0.733 bits per heavy atom. The summed E-state index contributed by atoms with van der Waals surface area (Å²) >= 11 is 1.73. The van der Waals surface area contributed by atoms with E-state index in [9.17, 15) is 9.59 Å². The van der Waals surface area contributed by atoms with E-state index in [1.54, 1.807) is 44.2 Å². The average molecular weight is 627 g/mol. The monoisotopic (exact) mass is 626 g/mol. The van der Waals surface area contributed by atoms with Crippen molar-refractivity contribution in [3.8, 4) is 11.5 Å². The van der Waals surface area contributed by atoms with Crippen molar-refractivity contribution in [2.45, 2.75) is 50.0 Å². The Hall–Kier alpha value is -4.43. The number of carbonyl (C=O) groups excluding carboxylic acids is 2. The Bertz CT molecular complexity index is 1410. The highest BCUT2D eigenvalue weighted by molar-refractivity contribution is 8.00. The molecule has 2 amide bonds. The van der Waals surface area contributed by atoms with E-state index in [2.05, 4.69) is 47.0 Å². The van der Waals surface area contributed by atoms with Crippen LogP contribution in [0.2, 0.25) is 0 Å². The molecule has 4 aromatic carbocycles. The lowest BCUT2D eigenvalue weighted by molar-refractivity contribution is -0.116. The number of anilines is 1. The summed E-state index contributed by atoms with van der Waals surface area (Å²) < 4.78 is 15.7. The number of rotatable bonds is 13. The molecule has 0 aliphatic carbocycles. The average Bonchev–Trinajstić information content (AvgIpc) is 3.04. The number of benzene rings is 4. The Morgan fingerprint density at radius 3 is 1.62 bits per heavy atom. The van der Waals surface area contributed by atoms with Crippen molar-refractivity contribution >= 4 is 29.4 Å². The molecule has 0 unspecified atom stereocenters. The highest BCUT2D eigenvalue weighted by atomic mass is 32.2. The minimum Gasteiger partial charge on any atom is -0.497 e. The van der Waals surface area contributed by atoms with Gasteiger partial charge in [0.25, 0.3) is 0 Å². The Morgan fingerprint density at radius 2 is 1.20 bits per heavy atom. The number of thioether (sulfide) groups is 1. The lowest BCUT2D eigenvalue weighted by Gasteiger charge is -2.36. The molecule has 0 aliphatic rings. The zero-order valence-corrected chi connectivity index (χ0v) is 27.4. The van der Waals surface area contributed by atoms with Crippen LogP contribution in [0.3, 0.4) is 0 Å². The number of alkyl carbamates (subject to hydrolysis) is 1. The van der Waals surface area contributed by atoms with Crippen LogP contribution in [0.4, 0.5) is 10.5 Å². The molecule has 4 aromatic rings. The molecule has 0 saturated heterocycles. The van der Waals surface area contributed by atoms with Crippen molar-refractivity contribution in [1.29, 1.82) is 0 Å². The maximum atomic E-state index is 13.2. The van der Waals surface area contributed by atoms with Gasteiger partial charge in [0, 0.05) is 42.1 Å². The summed E-state index contributed by atoms with van der Waals surface area (Å²) in [6.45, 7) is 5.49. The number of nitrogens with one attached hydrogen (secondary N) is 2. The molecule has 2 N–H and O–H groups in total. The second-order valence-corrected chi connectivity index (χ2v) is 12.9. The van der Waals surface area contributed by atoms with E-state index in [0.29, 0.717) is 29.4 Å². The fourth-order valence-corrected chi connectivity index (χ4v) is 6.68. The maximum Gasteiger partial charge on any atom is 0.407 e. The standard InChI is InChI=1S/C37H42N2O5S/c1-36(2,3)44-35(41)39-30(21-22-34(40)38-31-23-32(42-4)25-33(24-31)43-5)26-45-37(27-15-9-6-10-16-27,28-17-11-7-12-18-28)29-19-13-8-14-20-29/h6-20,23-25,30H,21-22,26H2,1-5H3,(H,38,40)(H,39,41)/t30-/m1/s1. The number of methoxy groups -OCH3 is 2. The second-order valence-electron chi connectivity index (χ2n) is 11.6. The predicted molar refractivity (Wildman–Crippen MR) is 182 cm³/mol. The zero-order valence-electron chi connectivity index (χ0n) is 26.5. The van der Waals surface area contributed by atoms with Gasteiger partial charge in [-0.15, -0.1) is 11.8 Å². The zero-order chi connectivity index (χ0) is 32.3. The van der Waals surface area contributed by atoms with Crippen LogP contribution in [0, 0.1) is 0 Å². The van der Waals surface area contributed by atoms with Crippen LogP contribution in [-0.4, -0.2) is 43.6 Å². The summed E-state index contributed by atoms with van der Waals surface area (Å²) in [7, 11) is 3.12. The van der Waals surface area contributed by atoms with Crippen LogP contribution in [-0.2, 0) is 14.3 Å². The first-order valence-corrected chi connectivity index (χ1v) is 15.9. The molecule has 0 saturated carbocycles. The van der Waals surface area contributed by atoms with Gasteiger partial charge in [-0.25, -0.2) is 4.79 Å². The third kappa shape index (κ3) is 9.28. The van der Waals surface area contributed by atoms with Crippen molar-refractivity contribution < 1.29 is 23.8 Å². The van der Waals surface area contributed by atoms with Gasteiger partial charge in [-0.05, 0) is 43.9 Å². The van der Waals surface area contributed by atoms with Gasteiger partial charge in [0.2, 0.25) is 5.91 Å². The molecule has 45 heavy (non-hydrogen) atoms. The van der Waals surface area contributed by atoms with Crippen LogP contribution in [0.5, 0.6) is 11.5 Å². The molecule has 1 atom stereocenters. The third-order valence-electron chi connectivity index (χ3n) is 7.12. The largest absolute Gasteiger partial charge is 0.497 e. The molecule has 0 aromatic heterocycles. The summed E-state index contributed by atoms with van der Waals surface area (Å²) in [5.74, 6) is 1.47. The Kier molecular flexibility index (Phi) is 11.5. The molecule has 0 bridgehead atoms. The third-order valence-corrected chi connectivity index (χ3v) is 8.83. The van der Waals surface area contributed by atoms with Crippen LogP contribution in [0.25, 0.3) is 0 Å². The molecular formula is C37H42N2O5S. The summed E-state index contributed by atoms with van der Waals surface area (Å²) in [5, 5.41) is 5.99. The number of carbonyl (C=O) groups is 2. The van der Waals surface area contributed by atoms with Gasteiger partial charge >= 0.3 is 6.09 Å². The van der Waals surface area contributed by atoms with Crippen LogP contribution >= 0.6 is 11.8 Å². The van der Waals surface area contributed by atoms with E-state index in [1.165, 1.54) is 0 Å². The summed E-state index contributed by atoms with van der Waals surface area (Å²) in [5.41, 5.74) is 3.26. The quantitative estimate of drug-likeness (QED) is 0.146. The lowest BCUT2D eigenvalue weighted by atomic mass is 9.84. The van der Waals surface area contributed by atoms with E-state index in [4.69, 9.17) is 14.2 Å². The van der Waals surface area contributed by atoms with Gasteiger partial charge in [0.1, 0.15) is 17.1 Å². The van der Waals surface area contributed by atoms with E-state index in [0.717, 1.165) is 16.7 Å². The van der Waals surface area contributed by atoms with Crippen LogP contribution < -0.4 is 20.1 Å². The fourth-order valence-electron chi connectivity index (χ4n) is 5.07. The Balaban J connectivity index is 1.62. The topological polar surface area (TPSA) is 85.9 Å². The van der Waals surface area contributed by atoms with E-state index < -0.39 is 16.4 Å². The van der Waals surface area contributed by atoms with Gasteiger partial charge in [0.15, 0.2) is 0 Å². The summed E-state index contributed by atoms with van der Waals surface area (Å²) in [6, 6.07) is 36.0. The van der Waals surface area contributed by atoms with E-state index in [1.807, 2.05) is 75.4 Å². The van der Waals surface area contributed by atoms with Gasteiger partial charge in [0.05, 0.1) is 19.0 Å². The molecule has 7 nitrogen and oxygen atoms in total. The molecule has 0 fully saturated rings. The molecule has 8 heteroatoms. The van der Waals surface area contributed by atoms with Gasteiger partial charge < -0.3 is 24.8 Å². The molecule has 0 spiro atoms. The first-order valence-electron chi connectivity index (χ1n) is 15.0. The summed E-state index contributed by atoms with van der Waals surface area (Å²) in [6.07, 6.45) is 0.0548. The maximum absolute atomic E-state index is 13.2. The number of amides is 2. The van der Waals surface area contributed by atoms with Crippen molar-refractivity contribution in [1.82, 2.24) is 5.32 Å². The number of hydrogen-bond acceptors (Lipinski definition) is 6. The lowest BCUT2D eigenvalue weighted by Crippen LogP contribution is -2.42. The first kappa shape index (κ1) is 33.5. The highest BCUT2D eigenvalue weighted by Gasteiger charge is 2.38. The molecule has 0 heterocycles. The smallest absolute Gasteiger partial charge is 0.407 e. The minimum atomic E-state index is -0.660. The Labute approximate surface area is 270 Å².